The van der Waals surface area contributed by atoms with Crippen molar-refractivity contribution in [2.45, 2.75) is 31.7 Å². The molecule has 1 N–H and O–H groups in total. The molecule has 0 spiro atoms. The fraction of sp³-hybridized carbons (Fsp3) is 0.350. The average Bonchev–Trinajstić information content (AvgIpc) is 2.60. The van der Waals surface area contributed by atoms with Crippen LogP contribution in [0.25, 0.3) is 0 Å². The molecule has 3 rings (SSSR count). The van der Waals surface area contributed by atoms with Gasteiger partial charge in [0.1, 0.15) is 0 Å². The van der Waals surface area contributed by atoms with Crippen LogP contribution in [0.5, 0.6) is 0 Å². The van der Waals surface area contributed by atoms with Crippen LogP contribution in [0.15, 0.2) is 48.5 Å². The molecule has 0 unspecified atom stereocenters. The third kappa shape index (κ3) is 2.94. The Labute approximate surface area is 147 Å². The number of benzene rings is 2. The van der Waals surface area contributed by atoms with Gasteiger partial charge in [-0.1, -0.05) is 48.0 Å². The Morgan fingerprint density at radius 3 is 2.54 bits per heavy atom. The number of hydrogen-bond acceptors (Lipinski definition) is 2. The molecule has 0 saturated heterocycles. The van der Waals surface area contributed by atoms with Gasteiger partial charge in [0.05, 0.1) is 18.1 Å². The first-order valence-electron chi connectivity index (χ1n) is 8.21. The van der Waals surface area contributed by atoms with Crippen molar-refractivity contribution < 1.29 is 9.90 Å². The number of hydrogen-bond donors (Lipinski definition) is 1. The minimum atomic E-state index is -0.676. The van der Waals surface area contributed by atoms with Gasteiger partial charge in [-0.25, -0.2) is 0 Å². The number of carbonyl (C=O) groups is 1. The lowest BCUT2D eigenvalue weighted by Gasteiger charge is -2.40. The van der Waals surface area contributed by atoms with Crippen molar-refractivity contribution in [3.8, 4) is 0 Å². The predicted molar refractivity (Wildman–Crippen MR) is 96.2 cm³/mol. The van der Waals surface area contributed by atoms with Gasteiger partial charge in [0.25, 0.3) is 0 Å². The molecule has 1 aliphatic rings. The van der Waals surface area contributed by atoms with Crippen LogP contribution in [-0.4, -0.2) is 29.1 Å². The van der Waals surface area contributed by atoms with Crippen LogP contribution in [0.2, 0.25) is 5.02 Å². The summed E-state index contributed by atoms with van der Waals surface area (Å²) in [6, 6.07) is 15.2. The lowest BCUT2D eigenvalue weighted by molar-refractivity contribution is -0.140. The second-order valence-corrected chi connectivity index (χ2v) is 7.21. The van der Waals surface area contributed by atoms with Gasteiger partial charge in [0, 0.05) is 11.6 Å². The number of aliphatic hydroxyl groups is 1. The lowest BCUT2D eigenvalue weighted by atomic mass is 9.81. The lowest BCUT2D eigenvalue weighted by Crippen LogP contribution is -2.49. The quantitative estimate of drug-likeness (QED) is 0.922. The molecular weight excluding hydrogens is 322 g/mol. The highest BCUT2D eigenvalue weighted by Gasteiger charge is 2.39. The SMILES string of the molecule is CC(C)(C(=O)N1CCc2ccccc2[C@H]1CO)c1ccc(Cl)cc1. The topological polar surface area (TPSA) is 40.5 Å². The van der Waals surface area contributed by atoms with Gasteiger partial charge < -0.3 is 10.0 Å². The molecule has 1 heterocycles. The molecule has 126 valence electrons. The van der Waals surface area contributed by atoms with E-state index >= 15 is 0 Å². The van der Waals surface area contributed by atoms with E-state index in [1.165, 1.54) is 5.56 Å². The number of halogens is 1. The fourth-order valence-electron chi connectivity index (χ4n) is 3.44. The Bertz CT molecular complexity index is 740. The summed E-state index contributed by atoms with van der Waals surface area (Å²) in [5, 5.41) is 10.6. The highest BCUT2D eigenvalue weighted by atomic mass is 35.5. The maximum atomic E-state index is 13.3. The third-order valence-corrected chi connectivity index (χ3v) is 5.20. The van der Waals surface area contributed by atoms with Crippen molar-refractivity contribution in [1.82, 2.24) is 4.90 Å². The third-order valence-electron chi connectivity index (χ3n) is 4.95. The summed E-state index contributed by atoms with van der Waals surface area (Å²) in [7, 11) is 0. The van der Waals surface area contributed by atoms with E-state index < -0.39 is 5.41 Å². The maximum absolute atomic E-state index is 13.3. The number of fused-ring (bicyclic) bond motifs is 1. The number of nitrogens with zero attached hydrogens (tertiary/aromatic N) is 1. The number of rotatable bonds is 3. The largest absolute Gasteiger partial charge is 0.394 e. The van der Waals surface area contributed by atoms with Crippen LogP contribution >= 0.6 is 11.6 Å². The number of amides is 1. The number of aliphatic hydroxyl groups excluding tert-OH is 1. The van der Waals surface area contributed by atoms with Crippen molar-refractivity contribution in [1.29, 1.82) is 0 Å². The molecule has 2 aromatic carbocycles. The Balaban J connectivity index is 1.93. The van der Waals surface area contributed by atoms with Gasteiger partial charge in [0.15, 0.2) is 0 Å². The van der Waals surface area contributed by atoms with Gasteiger partial charge in [0.2, 0.25) is 5.91 Å². The molecule has 3 nitrogen and oxygen atoms in total. The van der Waals surface area contributed by atoms with Crippen LogP contribution in [0.4, 0.5) is 0 Å². The minimum absolute atomic E-state index is 0.0263. The van der Waals surface area contributed by atoms with Gasteiger partial charge in [-0.3, -0.25) is 4.79 Å². The summed E-state index contributed by atoms with van der Waals surface area (Å²) in [5.41, 5.74) is 2.51. The highest BCUT2D eigenvalue weighted by Crippen LogP contribution is 2.34. The standard InChI is InChI=1S/C20H22ClNO2/c1-20(2,15-7-9-16(21)10-8-15)19(24)22-12-11-14-5-3-4-6-17(14)18(22)13-23/h3-10,18,23H,11-13H2,1-2H3/t18-/m1/s1. The van der Waals surface area contributed by atoms with Crippen molar-refractivity contribution in [3.63, 3.8) is 0 Å². The summed E-state index contributed by atoms with van der Waals surface area (Å²) in [6.45, 7) is 4.40. The van der Waals surface area contributed by atoms with Crippen molar-refractivity contribution in [3.05, 3.63) is 70.2 Å². The molecule has 24 heavy (non-hydrogen) atoms. The molecule has 0 aromatic heterocycles. The first-order valence-corrected chi connectivity index (χ1v) is 8.58. The molecule has 0 saturated carbocycles. The molecular formula is C20H22ClNO2. The molecule has 0 fully saturated rings. The zero-order valence-corrected chi connectivity index (χ0v) is 14.8. The van der Waals surface area contributed by atoms with Gasteiger partial charge in [-0.2, -0.15) is 0 Å². The molecule has 4 heteroatoms. The molecule has 0 aliphatic carbocycles. The highest BCUT2D eigenvalue weighted by molar-refractivity contribution is 6.30. The smallest absolute Gasteiger partial charge is 0.233 e. The van der Waals surface area contributed by atoms with E-state index in [-0.39, 0.29) is 18.6 Å². The first kappa shape index (κ1) is 17.0. The Morgan fingerprint density at radius 1 is 1.21 bits per heavy atom. The molecule has 1 aliphatic heterocycles. The predicted octanol–water partition coefficient (Wildman–Crippen LogP) is 3.74. The van der Waals surface area contributed by atoms with Crippen LogP contribution < -0.4 is 0 Å². The van der Waals surface area contributed by atoms with E-state index in [1.807, 2.05) is 49.1 Å². The van der Waals surface area contributed by atoms with Gasteiger partial charge in [-0.15, -0.1) is 0 Å². The van der Waals surface area contributed by atoms with Crippen LogP contribution in [0, 0.1) is 0 Å². The molecule has 0 bridgehead atoms. The van der Waals surface area contributed by atoms with Crippen molar-refractivity contribution >= 4 is 17.5 Å². The molecule has 1 atom stereocenters. The van der Waals surface area contributed by atoms with E-state index in [9.17, 15) is 9.90 Å². The molecule has 2 aromatic rings. The summed E-state index contributed by atoms with van der Waals surface area (Å²) in [5.74, 6) is 0.0263. The van der Waals surface area contributed by atoms with Crippen LogP contribution in [0.1, 0.15) is 36.6 Å². The Morgan fingerprint density at radius 2 is 1.88 bits per heavy atom. The second kappa shape index (κ2) is 6.58. The minimum Gasteiger partial charge on any atom is -0.394 e. The molecule has 0 radical (unpaired) electrons. The van der Waals surface area contributed by atoms with Gasteiger partial charge >= 0.3 is 0 Å². The maximum Gasteiger partial charge on any atom is 0.233 e. The average molecular weight is 344 g/mol. The first-order chi connectivity index (χ1) is 11.4. The van der Waals surface area contributed by atoms with E-state index in [2.05, 4.69) is 6.07 Å². The summed E-state index contributed by atoms with van der Waals surface area (Å²) in [4.78, 5) is 15.1. The normalized spacial score (nSPS) is 17.5. The zero-order valence-electron chi connectivity index (χ0n) is 14.0. The van der Waals surface area contributed by atoms with Crippen LogP contribution in [0.3, 0.4) is 0 Å². The summed E-state index contributed by atoms with van der Waals surface area (Å²) < 4.78 is 0. The fourth-order valence-corrected chi connectivity index (χ4v) is 3.57. The number of carbonyl (C=O) groups excluding carboxylic acids is 1. The van der Waals surface area contributed by atoms with E-state index in [0.717, 1.165) is 17.5 Å². The monoisotopic (exact) mass is 343 g/mol. The van der Waals surface area contributed by atoms with E-state index in [4.69, 9.17) is 11.6 Å². The van der Waals surface area contributed by atoms with Crippen LogP contribution in [-0.2, 0) is 16.6 Å². The Hall–Kier alpha value is -1.84. The van der Waals surface area contributed by atoms with Crippen molar-refractivity contribution in [2.24, 2.45) is 0 Å². The Kier molecular flexibility index (Phi) is 4.66. The van der Waals surface area contributed by atoms with Crippen molar-refractivity contribution in [2.75, 3.05) is 13.2 Å². The summed E-state index contributed by atoms with van der Waals surface area (Å²) in [6.07, 6.45) is 0.815. The van der Waals surface area contributed by atoms with Gasteiger partial charge in [-0.05, 0) is 49.1 Å². The summed E-state index contributed by atoms with van der Waals surface area (Å²) >= 11 is 5.96. The molecule has 1 amide bonds. The zero-order chi connectivity index (χ0) is 17.3. The van der Waals surface area contributed by atoms with E-state index in [1.54, 1.807) is 12.1 Å². The van der Waals surface area contributed by atoms with E-state index in [0.29, 0.717) is 11.6 Å². The second-order valence-electron chi connectivity index (χ2n) is 6.78.